The molecule has 2 rings (SSSR count). The minimum atomic E-state index is 0.684. The van der Waals surface area contributed by atoms with E-state index in [0.717, 1.165) is 16.1 Å². The number of hydrogen-bond acceptors (Lipinski definition) is 3. The average molecular weight is 288 g/mol. The Morgan fingerprint density at radius 2 is 1.70 bits per heavy atom. The van der Waals surface area contributed by atoms with Crippen molar-refractivity contribution in [2.24, 2.45) is 5.10 Å². The van der Waals surface area contributed by atoms with Crippen LogP contribution < -0.4 is 10.3 Å². The molecule has 0 atom stereocenters. The second-order valence-corrected chi connectivity index (χ2v) is 5.14. The highest BCUT2D eigenvalue weighted by atomic mass is 35.5. The smallest absolute Gasteiger partial charge is 0.0580 e. The summed E-state index contributed by atoms with van der Waals surface area (Å²) in [4.78, 5) is 2.07. The van der Waals surface area contributed by atoms with E-state index in [0.29, 0.717) is 6.54 Å². The first-order chi connectivity index (χ1) is 9.65. The Morgan fingerprint density at radius 3 is 2.30 bits per heavy atom. The molecule has 1 N–H and O–H groups in total. The zero-order chi connectivity index (χ0) is 14.4. The molecule has 0 amide bonds. The fraction of sp³-hybridized carbons (Fsp3) is 0.188. The van der Waals surface area contributed by atoms with Crippen molar-refractivity contribution >= 4 is 23.5 Å². The maximum absolute atomic E-state index is 5.83. The highest BCUT2D eigenvalue weighted by Gasteiger charge is 1.94. The van der Waals surface area contributed by atoms with Gasteiger partial charge in [-0.3, -0.25) is 0 Å². The van der Waals surface area contributed by atoms with Crippen molar-refractivity contribution < 1.29 is 0 Å². The van der Waals surface area contributed by atoms with Crippen LogP contribution in [0.25, 0.3) is 0 Å². The Labute approximate surface area is 124 Å². The first-order valence-electron chi connectivity index (χ1n) is 6.43. The third kappa shape index (κ3) is 4.28. The number of anilines is 1. The van der Waals surface area contributed by atoms with Gasteiger partial charge in [-0.1, -0.05) is 35.9 Å². The molecule has 4 heteroatoms. The Bertz CT molecular complexity index is 559. The van der Waals surface area contributed by atoms with Gasteiger partial charge in [0.1, 0.15) is 0 Å². The molecule has 0 radical (unpaired) electrons. The lowest BCUT2D eigenvalue weighted by Gasteiger charge is -2.11. The fourth-order valence-corrected chi connectivity index (χ4v) is 1.84. The fourth-order valence-electron chi connectivity index (χ4n) is 1.72. The average Bonchev–Trinajstić information content (AvgIpc) is 2.46. The van der Waals surface area contributed by atoms with Crippen LogP contribution in [0.5, 0.6) is 0 Å². The molecule has 3 nitrogen and oxygen atoms in total. The monoisotopic (exact) mass is 287 g/mol. The number of nitrogens with one attached hydrogen (secondary N) is 1. The first-order valence-corrected chi connectivity index (χ1v) is 6.81. The first kappa shape index (κ1) is 14.4. The standard InChI is InChI=1S/C16H18ClN3/c1-20(2)16-9-5-14(6-10-16)12-19-18-11-13-3-7-15(17)8-4-13/h3-10,12,18H,11H2,1-2H3/b19-12-. The second kappa shape index (κ2) is 6.96. The molecule has 0 unspecified atom stereocenters. The van der Waals surface area contributed by atoms with Crippen LogP contribution >= 0.6 is 11.6 Å². The van der Waals surface area contributed by atoms with Crippen LogP contribution in [0.1, 0.15) is 11.1 Å². The molecular formula is C16H18ClN3. The predicted octanol–water partition coefficient (Wildman–Crippen LogP) is 3.53. The summed E-state index contributed by atoms with van der Waals surface area (Å²) in [7, 11) is 4.05. The molecule has 0 fully saturated rings. The van der Waals surface area contributed by atoms with Gasteiger partial charge < -0.3 is 10.3 Å². The Morgan fingerprint density at radius 1 is 1.05 bits per heavy atom. The molecule has 20 heavy (non-hydrogen) atoms. The predicted molar refractivity (Wildman–Crippen MR) is 86.7 cm³/mol. The van der Waals surface area contributed by atoms with Crippen molar-refractivity contribution in [3.63, 3.8) is 0 Å². The third-order valence-corrected chi connectivity index (χ3v) is 3.16. The normalized spacial score (nSPS) is 10.8. The second-order valence-electron chi connectivity index (χ2n) is 4.71. The molecule has 104 valence electrons. The molecule has 0 saturated carbocycles. The van der Waals surface area contributed by atoms with Gasteiger partial charge in [-0.2, -0.15) is 5.10 Å². The summed E-state index contributed by atoms with van der Waals surface area (Å²) in [5.41, 5.74) is 6.42. The highest BCUT2D eigenvalue weighted by Crippen LogP contribution is 2.11. The minimum absolute atomic E-state index is 0.684. The lowest BCUT2D eigenvalue weighted by Crippen LogP contribution is -2.08. The van der Waals surface area contributed by atoms with Crippen LogP contribution in [0.2, 0.25) is 5.02 Å². The summed E-state index contributed by atoms with van der Waals surface area (Å²) < 4.78 is 0. The molecule has 0 aliphatic rings. The lowest BCUT2D eigenvalue weighted by atomic mass is 10.2. The van der Waals surface area contributed by atoms with Crippen LogP contribution in [0.15, 0.2) is 53.6 Å². The molecule has 0 saturated heterocycles. The van der Waals surface area contributed by atoms with E-state index in [1.54, 1.807) is 0 Å². The molecule has 2 aromatic rings. The Kier molecular flexibility index (Phi) is 5.02. The quantitative estimate of drug-likeness (QED) is 0.673. The molecule has 0 aliphatic heterocycles. The van der Waals surface area contributed by atoms with Crippen LogP contribution in [0.4, 0.5) is 5.69 Å². The number of hydrogen-bond donors (Lipinski definition) is 1. The van der Waals surface area contributed by atoms with Crippen molar-refractivity contribution in [2.45, 2.75) is 6.54 Å². The number of rotatable bonds is 5. The summed E-state index contributed by atoms with van der Waals surface area (Å²) in [5.74, 6) is 0. The molecule has 0 bridgehead atoms. The zero-order valence-corrected chi connectivity index (χ0v) is 12.4. The van der Waals surface area contributed by atoms with Gasteiger partial charge in [0.2, 0.25) is 0 Å². The minimum Gasteiger partial charge on any atom is -0.378 e. The van der Waals surface area contributed by atoms with Crippen LogP contribution in [0, 0.1) is 0 Å². The van der Waals surface area contributed by atoms with Gasteiger partial charge in [-0.15, -0.1) is 0 Å². The van der Waals surface area contributed by atoms with Gasteiger partial charge in [0, 0.05) is 24.8 Å². The lowest BCUT2D eigenvalue weighted by molar-refractivity contribution is 0.748. The summed E-state index contributed by atoms with van der Waals surface area (Å²) >= 11 is 5.83. The summed E-state index contributed by atoms with van der Waals surface area (Å²) in [6.45, 7) is 0.684. The van der Waals surface area contributed by atoms with Crippen LogP contribution in [0.3, 0.4) is 0 Å². The van der Waals surface area contributed by atoms with E-state index in [4.69, 9.17) is 11.6 Å². The highest BCUT2D eigenvalue weighted by molar-refractivity contribution is 6.30. The molecule has 2 aromatic carbocycles. The van der Waals surface area contributed by atoms with Gasteiger partial charge in [-0.05, 0) is 35.4 Å². The van der Waals surface area contributed by atoms with Crippen LogP contribution in [-0.2, 0) is 6.54 Å². The Hall–Kier alpha value is -2.00. The summed E-state index contributed by atoms with van der Waals surface area (Å²) in [6, 6.07) is 15.9. The van der Waals surface area contributed by atoms with Crippen molar-refractivity contribution in [3.8, 4) is 0 Å². The summed E-state index contributed by atoms with van der Waals surface area (Å²) in [6.07, 6.45) is 1.81. The zero-order valence-electron chi connectivity index (χ0n) is 11.7. The maximum atomic E-state index is 5.83. The van der Waals surface area contributed by atoms with Crippen LogP contribution in [-0.4, -0.2) is 20.3 Å². The Balaban J connectivity index is 1.85. The maximum Gasteiger partial charge on any atom is 0.0580 e. The van der Waals surface area contributed by atoms with Gasteiger partial charge >= 0.3 is 0 Å². The van der Waals surface area contributed by atoms with Crippen molar-refractivity contribution in [1.29, 1.82) is 0 Å². The third-order valence-electron chi connectivity index (χ3n) is 2.91. The van der Waals surface area contributed by atoms with E-state index in [-0.39, 0.29) is 0 Å². The van der Waals surface area contributed by atoms with Gasteiger partial charge in [0.05, 0.1) is 12.8 Å². The molecule has 0 aliphatic carbocycles. The molecule has 0 aromatic heterocycles. The van der Waals surface area contributed by atoms with Crippen molar-refractivity contribution in [1.82, 2.24) is 5.43 Å². The molecule has 0 heterocycles. The molecule has 0 spiro atoms. The van der Waals surface area contributed by atoms with Gasteiger partial charge in [-0.25, -0.2) is 0 Å². The van der Waals surface area contributed by atoms with E-state index in [9.17, 15) is 0 Å². The van der Waals surface area contributed by atoms with Gasteiger partial charge in [0.25, 0.3) is 0 Å². The van der Waals surface area contributed by atoms with E-state index < -0.39 is 0 Å². The van der Waals surface area contributed by atoms with E-state index in [2.05, 4.69) is 27.6 Å². The largest absolute Gasteiger partial charge is 0.378 e. The SMILES string of the molecule is CN(C)c1ccc(/C=N\NCc2ccc(Cl)cc2)cc1. The number of benzene rings is 2. The van der Waals surface area contributed by atoms with Crippen molar-refractivity contribution in [2.75, 3.05) is 19.0 Å². The topological polar surface area (TPSA) is 27.6 Å². The van der Waals surface area contributed by atoms with E-state index in [1.807, 2.05) is 56.7 Å². The van der Waals surface area contributed by atoms with E-state index in [1.165, 1.54) is 5.69 Å². The van der Waals surface area contributed by atoms with Gasteiger partial charge in [0.15, 0.2) is 0 Å². The van der Waals surface area contributed by atoms with E-state index >= 15 is 0 Å². The number of nitrogens with zero attached hydrogens (tertiary/aromatic N) is 2. The number of halogens is 1. The summed E-state index contributed by atoms with van der Waals surface area (Å²) in [5, 5.41) is 4.96. The number of hydrazone groups is 1. The van der Waals surface area contributed by atoms with Crippen molar-refractivity contribution in [3.05, 3.63) is 64.7 Å². The molecular weight excluding hydrogens is 270 g/mol.